The Bertz CT molecular complexity index is 999. The maximum atomic E-state index is 12.4. The first-order valence-corrected chi connectivity index (χ1v) is 7.85. The van der Waals surface area contributed by atoms with Crippen molar-refractivity contribution < 1.29 is 19.2 Å². The van der Waals surface area contributed by atoms with E-state index in [1.165, 1.54) is 25.3 Å². The molecule has 0 spiro atoms. The number of benzene rings is 2. The molecule has 0 saturated heterocycles. The highest BCUT2D eigenvalue weighted by atomic mass is 16.6. The summed E-state index contributed by atoms with van der Waals surface area (Å²) >= 11 is 0. The molecular formula is C18H16N4O5. The van der Waals surface area contributed by atoms with E-state index in [2.05, 4.69) is 15.5 Å². The number of rotatable bonds is 6. The zero-order chi connectivity index (χ0) is 19.4. The van der Waals surface area contributed by atoms with Gasteiger partial charge < -0.3 is 14.8 Å². The van der Waals surface area contributed by atoms with E-state index >= 15 is 0 Å². The fourth-order valence-corrected chi connectivity index (χ4v) is 2.45. The number of non-ortho nitro benzene ring substituents is 1. The van der Waals surface area contributed by atoms with Gasteiger partial charge in [-0.15, -0.1) is 0 Å². The van der Waals surface area contributed by atoms with Gasteiger partial charge in [-0.25, -0.2) is 0 Å². The van der Waals surface area contributed by atoms with Crippen LogP contribution in [0, 0.1) is 10.1 Å². The molecule has 9 heteroatoms. The number of nitro benzene ring substituents is 1. The number of carbonyl (C=O) groups is 1. The number of nitrogens with one attached hydrogen (secondary N) is 2. The average Bonchev–Trinajstić information content (AvgIpc) is 3.18. The third-order valence-corrected chi connectivity index (χ3v) is 3.78. The lowest BCUT2D eigenvalue weighted by Crippen LogP contribution is -2.12. The molecule has 0 fully saturated rings. The van der Waals surface area contributed by atoms with Crippen LogP contribution < -0.4 is 14.8 Å². The molecule has 0 atom stereocenters. The fourth-order valence-electron chi connectivity index (χ4n) is 2.45. The number of nitro groups is 1. The summed E-state index contributed by atoms with van der Waals surface area (Å²) in [6.45, 7) is 0. The average molecular weight is 368 g/mol. The first kappa shape index (κ1) is 17.9. The monoisotopic (exact) mass is 368 g/mol. The van der Waals surface area contributed by atoms with E-state index < -0.39 is 10.8 Å². The topological polar surface area (TPSA) is 119 Å². The van der Waals surface area contributed by atoms with E-state index in [1.54, 1.807) is 25.3 Å². The molecule has 0 unspecified atom stereocenters. The summed E-state index contributed by atoms with van der Waals surface area (Å²) in [5.41, 5.74) is 1.60. The van der Waals surface area contributed by atoms with Gasteiger partial charge in [-0.3, -0.25) is 20.0 Å². The minimum Gasteiger partial charge on any atom is -0.497 e. The summed E-state index contributed by atoms with van der Waals surface area (Å²) in [6, 6.07) is 12.8. The van der Waals surface area contributed by atoms with Gasteiger partial charge in [0.05, 0.1) is 36.6 Å². The van der Waals surface area contributed by atoms with Crippen molar-refractivity contribution >= 4 is 17.3 Å². The third kappa shape index (κ3) is 4.03. The number of anilines is 1. The van der Waals surface area contributed by atoms with Crippen molar-refractivity contribution in [1.82, 2.24) is 10.2 Å². The lowest BCUT2D eigenvalue weighted by molar-refractivity contribution is -0.384. The minimum atomic E-state index is -0.560. The van der Waals surface area contributed by atoms with Gasteiger partial charge in [-0.05, 0) is 18.2 Å². The molecule has 138 valence electrons. The molecule has 2 aromatic carbocycles. The molecule has 0 aliphatic carbocycles. The number of aromatic amines is 1. The summed E-state index contributed by atoms with van der Waals surface area (Å²) in [7, 11) is 2.95. The highest BCUT2D eigenvalue weighted by Crippen LogP contribution is 2.27. The van der Waals surface area contributed by atoms with Crippen LogP contribution in [0.25, 0.3) is 11.3 Å². The van der Waals surface area contributed by atoms with E-state index in [0.717, 1.165) is 5.56 Å². The Kier molecular flexibility index (Phi) is 5.02. The van der Waals surface area contributed by atoms with Crippen molar-refractivity contribution in [2.45, 2.75) is 0 Å². The molecule has 1 heterocycles. The van der Waals surface area contributed by atoms with Gasteiger partial charge in [0.1, 0.15) is 17.2 Å². The second kappa shape index (κ2) is 7.56. The van der Waals surface area contributed by atoms with Crippen molar-refractivity contribution in [1.29, 1.82) is 0 Å². The molecule has 0 radical (unpaired) electrons. The Morgan fingerprint density at radius 3 is 2.59 bits per heavy atom. The first-order valence-electron chi connectivity index (χ1n) is 7.85. The van der Waals surface area contributed by atoms with Crippen LogP contribution in [0.3, 0.4) is 0 Å². The quantitative estimate of drug-likeness (QED) is 0.509. The van der Waals surface area contributed by atoms with Crippen LogP contribution in [0.2, 0.25) is 0 Å². The largest absolute Gasteiger partial charge is 0.497 e. The number of nitrogens with zero attached hydrogens (tertiary/aromatic N) is 2. The summed E-state index contributed by atoms with van der Waals surface area (Å²) in [5, 5.41) is 20.4. The Hall–Kier alpha value is -3.88. The normalized spacial score (nSPS) is 10.3. The number of aromatic nitrogens is 2. The first-order chi connectivity index (χ1) is 13.0. The van der Waals surface area contributed by atoms with E-state index in [0.29, 0.717) is 11.4 Å². The van der Waals surface area contributed by atoms with E-state index in [1.807, 2.05) is 12.1 Å². The Morgan fingerprint density at radius 2 is 1.89 bits per heavy atom. The summed E-state index contributed by atoms with van der Waals surface area (Å²) in [5.74, 6) is 0.450. The van der Waals surface area contributed by atoms with E-state index in [-0.39, 0.29) is 22.8 Å². The second-order valence-electron chi connectivity index (χ2n) is 5.53. The van der Waals surface area contributed by atoms with Crippen LogP contribution in [0.4, 0.5) is 11.4 Å². The van der Waals surface area contributed by atoms with Crippen LogP contribution in [0.1, 0.15) is 10.5 Å². The van der Waals surface area contributed by atoms with Crippen LogP contribution in [0.15, 0.2) is 48.5 Å². The molecule has 0 aliphatic rings. The van der Waals surface area contributed by atoms with E-state index in [9.17, 15) is 14.9 Å². The molecule has 0 aliphatic heterocycles. The van der Waals surface area contributed by atoms with Gasteiger partial charge >= 0.3 is 0 Å². The van der Waals surface area contributed by atoms with Crippen molar-refractivity contribution in [3.63, 3.8) is 0 Å². The SMILES string of the molecule is COc1cccc(-c2cc(C(=O)Nc3cc(OC)cc([N+](=O)[O-])c3)[nH]n2)c1. The van der Waals surface area contributed by atoms with Crippen LogP contribution >= 0.6 is 0 Å². The number of hydrogen-bond donors (Lipinski definition) is 2. The molecule has 0 bridgehead atoms. The van der Waals surface area contributed by atoms with Crippen molar-refractivity contribution in [3.8, 4) is 22.8 Å². The Balaban J connectivity index is 1.82. The summed E-state index contributed by atoms with van der Waals surface area (Å²) in [6.07, 6.45) is 0. The van der Waals surface area contributed by atoms with Gasteiger partial charge in [0.25, 0.3) is 11.6 Å². The number of methoxy groups -OCH3 is 2. The summed E-state index contributed by atoms with van der Waals surface area (Å²) < 4.78 is 10.2. The van der Waals surface area contributed by atoms with Crippen LogP contribution in [0.5, 0.6) is 11.5 Å². The van der Waals surface area contributed by atoms with E-state index in [4.69, 9.17) is 9.47 Å². The van der Waals surface area contributed by atoms with Gasteiger partial charge in [-0.1, -0.05) is 12.1 Å². The molecule has 3 aromatic rings. The number of amides is 1. The Morgan fingerprint density at radius 1 is 1.11 bits per heavy atom. The lowest BCUT2D eigenvalue weighted by atomic mass is 10.1. The van der Waals surface area contributed by atoms with Gasteiger partial charge in [0, 0.05) is 17.7 Å². The molecule has 0 saturated carbocycles. The molecular weight excluding hydrogens is 352 g/mol. The van der Waals surface area contributed by atoms with Gasteiger partial charge in [0.2, 0.25) is 0 Å². The zero-order valence-corrected chi connectivity index (χ0v) is 14.6. The summed E-state index contributed by atoms with van der Waals surface area (Å²) in [4.78, 5) is 22.9. The molecule has 3 rings (SSSR count). The Labute approximate surface area is 154 Å². The highest BCUT2D eigenvalue weighted by molar-refractivity contribution is 6.03. The second-order valence-corrected chi connectivity index (χ2v) is 5.53. The van der Waals surface area contributed by atoms with Crippen LogP contribution in [-0.2, 0) is 0 Å². The predicted molar refractivity (Wildman–Crippen MR) is 98.2 cm³/mol. The van der Waals surface area contributed by atoms with Gasteiger partial charge in [0.15, 0.2) is 0 Å². The molecule has 1 aromatic heterocycles. The van der Waals surface area contributed by atoms with Crippen molar-refractivity contribution in [2.75, 3.05) is 19.5 Å². The lowest BCUT2D eigenvalue weighted by Gasteiger charge is -2.06. The van der Waals surface area contributed by atoms with Crippen LogP contribution in [-0.4, -0.2) is 35.2 Å². The number of H-pyrrole nitrogens is 1. The minimum absolute atomic E-state index is 0.189. The number of hydrogen-bond acceptors (Lipinski definition) is 6. The number of carbonyl (C=O) groups excluding carboxylic acids is 1. The predicted octanol–water partition coefficient (Wildman–Crippen LogP) is 3.25. The zero-order valence-electron chi connectivity index (χ0n) is 14.6. The highest BCUT2D eigenvalue weighted by Gasteiger charge is 2.15. The standard InChI is InChI=1S/C18H16N4O5/c1-26-14-5-3-4-11(6-14)16-10-17(21-20-16)18(23)19-12-7-13(22(24)25)9-15(8-12)27-2/h3-10H,1-2H3,(H,19,23)(H,20,21). The molecule has 1 amide bonds. The maximum Gasteiger partial charge on any atom is 0.275 e. The van der Waals surface area contributed by atoms with Crippen molar-refractivity contribution in [2.24, 2.45) is 0 Å². The molecule has 9 nitrogen and oxygen atoms in total. The molecule has 2 N–H and O–H groups in total. The molecule has 27 heavy (non-hydrogen) atoms. The fraction of sp³-hybridized carbons (Fsp3) is 0.111. The number of ether oxygens (including phenoxy) is 2. The third-order valence-electron chi connectivity index (χ3n) is 3.78. The van der Waals surface area contributed by atoms with Crippen molar-refractivity contribution in [3.05, 3.63) is 64.3 Å². The smallest absolute Gasteiger partial charge is 0.275 e. The maximum absolute atomic E-state index is 12.4. The van der Waals surface area contributed by atoms with Gasteiger partial charge in [-0.2, -0.15) is 5.10 Å².